The van der Waals surface area contributed by atoms with E-state index in [-0.39, 0.29) is 5.69 Å². The number of fused-ring (bicyclic) bond motifs is 1. The minimum atomic E-state index is -0.402. The Labute approximate surface area is 170 Å². The Hall–Kier alpha value is -3.09. The summed E-state index contributed by atoms with van der Waals surface area (Å²) in [4.78, 5) is 15.6. The molecule has 2 aromatic heterocycles. The highest BCUT2D eigenvalue weighted by molar-refractivity contribution is 6.35. The van der Waals surface area contributed by atoms with Gasteiger partial charge in [0.15, 0.2) is 0 Å². The number of halogens is 2. The van der Waals surface area contributed by atoms with Gasteiger partial charge in [-0.15, -0.1) is 0 Å². The fraction of sp³-hybridized carbons (Fsp3) is 0.0500. The van der Waals surface area contributed by atoms with Crippen LogP contribution in [0.1, 0.15) is 21.7 Å². The van der Waals surface area contributed by atoms with Crippen LogP contribution in [0, 0.1) is 6.92 Å². The molecule has 2 heterocycles. The molecule has 0 aliphatic carbocycles. The number of hydrogen-bond acceptors (Lipinski definition) is 3. The summed E-state index contributed by atoms with van der Waals surface area (Å²) in [6.07, 6.45) is 1.63. The SMILES string of the molecule is Cc1[nH]c2ccccc2c1/C=N\NC(=O)c1cc(-c2cc(Cl)cc(Cl)c2)n[nH]1. The average Bonchev–Trinajstić information content (AvgIpc) is 3.26. The zero-order valence-electron chi connectivity index (χ0n) is 14.8. The summed E-state index contributed by atoms with van der Waals surface area (Å²) in [5.74, 6) is -0.402. The van der Waals surface area contributed by atoms with Gasteiger partial charge in [-0.3, -0.25) is 9.89 Å². The zero-order valence-corrected chi connectivity index (χ0v) is 16.3. The maximum atomic E-state index is 12.3. The fourth-order valence-corrected chi connectivity index (χ4v) is 3.49. The molecule has 28 heavy (non-hydrogen) atoms. The van der Waals surface area contributed by atoms with Gasteiger partial charge in [-0.1, -0.05) is 41.4 Å². The molecule has 0 saturated heterocycles. The monoisotopic (exact) mass is 411 g/mol. The molecule has 3 N–H and O–H groups in total. The molecule has 0 unspecified atom stereocenters. The number of carbonyl (C=O) groups is 1. The number of rotatable bonds is 4. The Morgan fingerprint density at radius 3 is 2.68 bits per heavy atom. The lowest BCUT2D eigenvalue weighted by atomic mass is 10.1. The lowest BCUT2D eigenvalue weighted by Crippen LogP contribution is -2.18. The largest absolute Gasteiger partial charge is 0.358 e. The number of aromatic nitrogens is 3. The van der Waals surface area contributed by atoms with Crippen LogP contribution in [-0.4, -0.2) is 27.3 Å². The van der Waals surface area contributed by atoms with Crippen LogP contribution in [0.15, 0.2) is 53.6 Å². The van der Waals surface area contributed by atoms with Crippen LogP contribution in [0.2, 0.25) is 10.0 Å². The Morgan fingerprint density at radius 1 is 1.14 bits per heavy atom. The first kappa shape index (κ1) is 18.3. The summed E-state index contributed by atoms with van der Waals surface area (Å²) < 4.78 is 0. The maximum absolute atomic E-state index is 12.3. The number of carbonyl (C=O) groups excluding carboxylic acids is 1. The third-order valence-corrected chi connectivity index (χ3v) is 4.72. The van der Waals surface area contributed by atoms with Crippen LogP contribution in [0.5, 0.6) is 0 Å². The summed E-state index contributed by atoms with van der Waals surface area (Å²) in [6, 6.07) is 14.6. The molecule has 6 nitrogen and oxygen atoms in total. The lowest BCUT2D eigenvalue weighted by Gasteiger charge is -1.98. The number of benzene rings is 2. The molecule has 0 fully saturated rings. The summed E-state index contributed by atoms with van der Waals surface area (Å²) >= 11 is 12.0. The number of aromatic amines is 2. The van der Waals surface area contributed by atoms with Crippen LogP contribution in [0.3, 0.4) is 0 Å². The zero-order chi connectivity index (χ0) is 19.7. The van der Waals surface area contributed by atoms with Crippen LogP contribution in [0.4, 0.5) is 0 Å². The average molecular weight is 412 g/mol. The van der Waals surface area contributed by atoms with Gasteiger partial charge in [0.1, 0.15) is 5.69 Å². The van der Waals surface area contributed by atoms with Gasteiger partial charge in [-0.05, 0) is 37.3 Å². The van der Waals surface area contributed by atoms with E-state index in [1.165, 1.54) is 0 Å². The van der Waals surface area contributed by atoms with E-state index in [1.807, 2.05) is 31.2 Å². The minimum Gasteiger partial charge on any atom is -0.358 e. The van der Waals surface area contributed by atoms with Gasteiger partial charge < -0.3 is 4.98 Å². The van der Waals surface area contributed by atoms with Crippen molar-refractivity contribution < 1.29 is 4.79 Å². The van der Waals surface area contributed by atoms with Crippen molar-refractivity contribution in [1.29, 1.82) is 0 Å². The Bertz CT molecular complexity index is 1190. The molecule has 1 amide bonds. The highest BCUT2D eigenvalue weighted by Crippen LogP contribution is 2.26. The Balaban J connectivity index is 1.51. The molecular formula is C20H15Cl2N5O. The maximum Gasteiger partial charge on any atom is 0.289 e. The minimum absolute atomic E-state index is 0.277. The molecule has 0 aliphatic heterocycles. The second-order valence-corrected chi connectivity index (χ2v) is 7.11. The van der Waals surface area contributed by atoms with Gasteiger partial charge in [0, 0.05) is 37.8 Å². The van der Waals surface area contributed by atoms with Crippen LogP contribution in [0.25, 0.3) is 22.2 Å². The molecule has 0 aliphatic rings. The van der Waals surface area contributed by atoms with Crippen molar-refractivity contribution in [2.75, 3.05) is 0 Å². The number of nitrogens with one attached hydrogen (secondary N) is 3. The summed E-state index contributed by atoms with van der Waals surface area (Å²) in [6.45, 7) is 1.96. The molecule has 0 atom stereocenters. The van der Waals surface area contributed by atoms with Crippen molar-refractivity contribution in [2.45, 2.75) is 6.92 Å². The third-order valence-electron chi connectivity index (χ3n) is 4.28. The van der Waals surface area contributed by atoms with E-state index in [9.17, 15) is 4.79 Å². The number of hydrogen-bond donors (Lipinski definition) is 3. The number of hydrazone groups is 1. The van der Waals surface area contributed by atoms with Crippen molar-refractivity contribution >= 4 is 46.2 Å². The lowest BCUT2D eigenvalue weighted by molar-refractivity contribution is 0.0950. The molecule has 4 rings (SSSR count). The van der Waals surface area contributed by atoms with E-state index >= 15 is 0 Å². The van der Waals surface area contributed by atoms with E-state index in [0.717, 1.165) is 22.2 Å². The fourth-order valence-electron chi connectivity index (χ4n) is 2.97. The van der Waals surface area contributed by atoms with Crippen LogP contribution < -0.4 is 5.43 Å². The van der Waals surface area contributed by atoms with Crippen molar-refractivity contribution in [3.05, 3.63) is 75.5 Å². The topological polar surface area (TPSA) is 85.9 Å². The predicted molar refractivity (Wildman–Crippen MR) is 112 cm³/mol. The molecule has 0 bridgehead atoms. The molecular weight excluding hydrogens is 397 g/mol. The van der Waals surface area contributed by atoms with Crippen LogP contribution >= 0.6 is 23.2 Å². The van der Waals surface area contributed by atoms with Gasteiger partial charge >= 0.3 is 0 Å². The normalized spacial score (nSPS) is 11.4. The van der Waals surface area contributed by atoms with Gasteiger partial charge in [0.05, 0.1) is 11.9 Å². The first-order chi connectivity index (χ1) is 13.5. The number of amides is 1. The van der Waals surface area contributed by atoms with E-state index in [0.29, 0.717) is 21.3 Å². The van der Waals surface area contributed by atoms with E-state index in [4.69, 9.17) is 23.2 Å². The van der Waals surface area contributed by atoms with Crippen molar-refractivity contribution in [1.82, 2.24) is 20.6 Å². The first-order valence-corrected chi connectivity index (χ1v) is 9.19. The number of aryl methyl sites for hydroxylation is 1. The third kappa shape index (κ3) is 3.65. The summed E-state index contributed by atoms with van der Waals surface area (Å²) in [7, 11) is 0. The smallest absolute Gasteiger partial charge is 0.289 e. The van der Waals surface area contributed by atoms with Crippen LogP contribution in [-0.2, 0) is 0 Å². The predicted octanol–water partition coefficient (Wildman–Crippen LogP) is 4.94. The number of nitrogens with zero attached hydrogens (tertiary/aromatic N) is 2. The first-order valence-electron chi connectivity index (χ1n) is 8.44. The number of H-pyrrole nitrogens is 2. The Morgan fingerprint density at radius 2 is 1.89 bits per heavy atom. The van der Waals surface area contributed by atoms with E-state index in [1.54, 1.807) is 30.5 Å². The Kier molecular flexibility index (Phi) is 4.90. The molecule has 0 radical (unpaired) electrons. The van der Waals surface area contributed by atoms with Gasteiger partial charge in [-0.25, -0.2) is 5.43 Å². The van der Waals surface area contributed by atoms with Crippen molar-refractivity contribution in [3.63, 3.8) is 0 Å². The molecule has 8 heteroatoms. The van der Waals surface area contributed by atoms with Gasteiger partial charge in [0.2, 0.25) is 0 Å². The second kappa shape index (κ2) is 7.50. The van der Waals surface area contributed by atoms with E-state index in [2.05, 4.69) is 25.7 Å². The second-order valence-electron chi connectivity index (χ2n) is 6.23. The van der Waals surface area contributed by atoms with Gasteiger partial charge in [-0.2, -0.15) is 10.2 Å². The van der Waals surface area contributed by atoms with Crippen molar-refractivity contribution in [2.24, 2.45) is 5.10 Å². The highest BCUT2D eigenvalue weighted by atomic mass is 35.5. The quantitative estimate of drug-likeness (QED) is 0.328. The molecule has 0 spiro atoms. The number of para-hydroxylation sites is 1. The standard InChI is InChI=1S/C20H15Cl2N5O/c1-11-16(15-4-2-3-5-17(15)24-11)10-23-27-20(28)19-9-18(25-26-19)12-6-13(21)8-14(22)7-12/h2-10,24H,1H3,(H,25,26)(H,27,28)/b23-10-. The van der Waals surface area contributed by atoms with E-state index < -0.39 is 5.91 Å². The van der Waals surface area contributed by atoms with Crippen molar-refractivity contribution in [3.8, 4) is 11.3 Å². The molecule has 4 aromatic rings. The highest BCUT2D eigenvalue weighted by Gasteiger charge is 2.12. The summed E-state index contributed by atoms with van der Waals surface area (Å²) in [5.41, 5.74) is 6.98. The molecule has 2 aromatic carbocycles. The molecule has 0 saturated carbocycles. The van der Waals surface area contributed by atoms with Gasteiger partial charge in [0.25, 0.3) is 5.91 Å². The molecule has 140 valence electrons. The summed E-state index contributed by atoms with van der Waals surface area (Å²) in [5, 5.41) is 13.0.